The summed E-state index contributed by atoms with van der Waals surface area (Å²) in [5.41, 5.74) is 2.25. The second-order valence-corrected chi connectivity index (χ2v) is 8.54. The highest BCUT2D eigenvalue weighted by molar-refractivity contribution is 6.30. The lowest BCUT2D eigenvalue weighted by molar-refractivity contribution is -0.143. The van der Waals surface area contributed by atoms with Crippen LogP contribution in [-0.2, 0) is 22.7 Å². The molecular weight excluding hydrogens is 474 g/mol. The number of rotatable bonds is 10. The first-order valence-corrected chi connectivity index (χ1v) is 11.9. The van der Waals surface area contributed by atoms with Gasteiger partial charge in [0.1, 0.15) is 11.8 Å². The number of aromatic nitrogens is 1. The Bertz CT molecular complexity index is 1250. The van der Waals surface area contributed by atoms with Gasteiger partial charge in [-0.3, -0.25) is 14.6 Å². The van der Waals surface area contributed by atoms with E-state index < -0.39 is 6.04 Å². The van der Waals surface area contributed by atoms with Crippen LogP contribution in [0.5, 0.6) is 5.75 Å². The molecule has 4 aromatic rings. The maximum absolute atomic E-state index is 13.6. The minimum Gasteiger partial charge on any atom is -0.484 e. The van der Waals surface area contributed by atoms with Crippen LogP contribution in [0, 0.1) is 0 Å². The quantitative estimate of drug-likeness (QED) is 0.325. The third-order valence-corrected chi connectivity index (χ3v) is 5.79. The van der Waals surface area contributed by atoms with E-state index >= 15 is 0 Å². The molecule has 1 aromatic heterocycles. The highest BCUT2D eigenvalue weighted by Gasteiger charge is 2.31. The van der Waals surface area contributed by atoms with Gasteiger partial charge in [0.2, 0.25) is 5.91 Å². The highest BCUT2D eigenvalue weighted by Crippen LogP contribution is 2.25. The molecule has 0 saturated carbocycles. The zero-order valence-electron chi connectivity index (χ0n) is 19.6. The molecule has 0 bridgehead atoms. The normalized spacial score (nSPS) is 11.4. The van der Waals surface area contributed by atoms with E-state index in [4.69, 9.17) is 16.3 Å². The van der Waals surface area contributed by atoms with Crippen molar-refractivity contribution in [1.82, 2.24) is 15.2 Å². The summed E-state index contributed by atoms with van der Waals surface area (Å²) in [6, 6.07) is 30.2. The van der Waals surface area contributed by atoms with Crippen molar-refractivity contribution in [3.8, 4) is 5.75 Å². The van der Waals surface area contributed by atoms with E-state index in [-0.39, 0.29) is 31.5 Å². The summed E-state index contributed by atoms with van der Waals surface area (Å²) >= 11 is 6.07. The van der Waals surface area contributed by atoms with Crippen molar-refractivity contribution in [1.29, 1.82) is 0 Å². The van der Waals surface area contributed by atoms with Gasteiger partial charge in [-0.05, 0) is 47.5 Å². The van der Waals surface area contributed by atoms with Crippen LogP contribution < -0.4 is 10.1 Å². The molecule has 3 aromatic carbocycles. The van der Waals surface area contributed by atoms with Crippen LogP contribution in [0.15, 0.2) is 109 Å². The number of nitrogens with one attached hydrogen (secondary N) is 1. The van der Waals surface area contributed by atoms with E-state index in [1.165, 1.54) is 4.90 Å². The predicted octanol–water partition coefficient (Wildman–Crippen LogP) is 5.20. The van der Waals surface area contributed by atoms with Crippen LogP contribution in [0.25, 0.3) is 0 Å². The van der Waals surface area contributed by atoms with Gasteiger partial charge in [0.05, 0.1) is 12.2 Å². The fraction of sp³-hybridized carbons (Fsp3) is 0.138. The molecule has 4 rings (SSSR count). The number of carbonyl (C=O) groups is 2. The molecule has 1 N–H and O–H groups in total. The zero-order chi connectivity index (χ0) is 25.2. The number of ether oxygens (including phenoxy) is 1. The van der Waals surface area contributed by atoms with Crippen molar-refractivity contribution in [2.24, 2.45) is 0 Å². The molecule has 182 valence electrons. The average Bonchev–Trinajstić information content (AvgIpc) is 2.93. The van der Waals surface area contributed by atoms with E-state index in [0.29, 0.717) is 16.3 Å². The number of hydrogen-bond donors (Lipinski definition) is 1. The lowest BCUT2D eigenvalue weighted by Crippen LogP contribution is -2.45. The first-order chi connectivity index (χ1) is 17.6. The topological polar surface area (TPSA) is 71.5 Å². The standard InChI is InChI=1S/C29H26ClN3O3/c30-24-16-14-22(15-17-24)20-33(27(34)21-36-26-12-5-2-6-13-26)28(23-9-3-1-4-10-23)29(35)32-19-25-11-7-8-18-31-25/h1-18,28H,19-21H2,(H,32,35)/t28-/m0/s1. The molecule has 0 aliphatic heterocycles. The molecule has 0 aliphatic carbocycles. The number of hydrogen-bond acceptors (Lipinski definition) is 4. The minimum absolute atomic E-state index is 0.199. The van der Waals surface area contributed by atoms with E-state index in [0.717, 1.165) is 11.3 Å². The Morgan fingerprint density at radius 2 is 1.53 bits per heavy atom. The number of pyridine rings is 1. The van der Waals surface area contributed by atoms with Crippen molar-refractivity contribution >= 4 is 23.4 Å². The fourth-order valence-corrected chi connectivity index (χ4v) is 3.87. The fourth-order valence-electron chi connectivity index (χ4n) is 3.74. The summed E-state index contributed by atoms with van der Waals surface area (Å²) in [6.07, 6.45) is 1.67. The summed E-state index contributed by atoms with van der Waals surface area (Å²) in [4.78, 5) is 33.0. The van der Waals surface area contributed by atoms with Gasteiger partial charge in [-0.1, -0.05) is 78.3 Å². The van der Waals surface area contributed by atoms with Gasteiger partial charge >= 0.3 is 0 Å². The Labute approximate surface area is 215 Å². The van der Waals surface area contributed by atoms with Crippen LogP contribution >= 0.6 is 11.6 Å². The molecule has 2 amide bonds. The molecule has 0 saturated heterocycles. The number of benzene rings is 3. The lowest BCUT2D eigenvalue weighted by atomic mass is 10.0. The van der Waals surface area contributed by atoms with E-state index in [1.54, 1.807) is 30.5 Å². The Hall–Kier alpha value is -4.16. The molecule has 0 unspecified atom stereocenters. The van der Waals surface area contributed by atoms with Crippen molar-refractivity contribution in [2.45, 2.75) is 19.1 Å². The number of para-hydroxylation sites is 1. The molecule has 1 heterocycles. The average molecular weight is 500 g/mol. The Morgan fingerprint density at radius 3 is 2.19 bits per heavy atom. The highest BCUT2D eigenvalue weighted by atomic mass is 35.5. The molecule has 0 fully saturated rings. The van der Waals surface area contributed by atoms with Crippen LogP contribution in [0.3, 0.4) is 0 Å². The molecule has 6 nitrogen and oxygen atoms in total. The van der Waals surface area contributed by atoms with Gasteiger partial charge < -0.3 is 15.0 Å². The molecule has 7 heteroatoms. The largest absolute Gasteiger partial charge is 0.484 e. The maximum Gasteiger partial charge on any atom is 0.261 e. The maximum atomic E-state index is 13.6. The number of amides is 2. The Morgan fingerprint density at radius 1 is 0.861 bits per heavy atom. The lowest BCUT2D eigenvalue weighted by Gasteiger charge is -2.31. The first-order valence-electron chi connectivity index (χ1n) is 11.5. The summed E-state index contributed by atoms with van der Waals surface area (Å²) in [6.45, 7) is 0.228. The van der Waals surface area contributed by atoms with Gasteiger partial charge in [0, 0.05) is 17.8 Å². The molecule has 1 atom stereocenters. The van der Waals surface area contributed by atoms with Crippen LogP contribution in [0.1, 0.15) is 22.9 Å². The third kappa shape index (κ3) is 6.93. The Kier molecular flexibility index (Phi) is 8.67. The SMILES string of the molecule is O=C(NCc1ccccn1)[C@H](c1ccccc1)N(Cc1ccc(Cl)cc1)C(=O)COc1ccccc1. The predicted molar refractivity (Wildman–Crippen MR) is 139 cm³/mol. The second kappa shape index (κ2) is 12.5. The minimum atomic E-state index is -0.877. The second-order valence-electron chi connectivity index (χ2n) is 8.10. The van der Waals surface area contributed by atoms with Crippen LogP contribution in [0.4, 0.5) is 0 Å². The van der Waals surface area contributed by atoms with Gasteiger partial charge in [0.25, 0.3) is 5.91 Å². The van der Waals surface area contributed by atoms with Crippen LogP contribution in [0.2, 0.25) is 5.02 Å². The number of carbonyl (C=O) groups excluding carboxylic acids is 2. The van der Waals surface area contributed by atoms with E-state index in [9.17, 15) is 9.59 Å². The summed E-state index contributed by atoms with van der Waals surface area (Å²) in [5, 5.41) is 3.54. The van der Waals surface area contributed by atoms with Crippen molar-refractivity contribution in [3.63, 3.8) is 0 Å². The van der Waals surface area contributed by atoms with Gasteiger partial charge in [0.15, 0.2) is 6.61 Å². The van der Waals surface area contributed by atoms with Crippen molar-refractivity contribution in [3.05, 3.63) is 131 Å². The van der Waals surface area contributed by atoms with Gasteiger partial charge in [-0.2, -0.15) is 0 Å². The van der Waals surface area contributed by atoms with E-state index in [2.05, 4.69) is 10.3 Å². The third-order valence-electron chi connectivity index (χ3n) is 5.54. The number of nitrogens with zero attached hydrogens (tertiary/aromatic N) is 2. The summed E-state index contributed by atoms with van der Waals surface area (Å²) < 4.78 is 5.75. The molecule has 0 radical (unpaired) electrons. The van der Waals surface area contributed by atoms with Gasteiger partial charge in [-0.25, -0.2) is 0 Å². The van der Waals surface area contributed by atoms with Crippen molar-refractivity contribution < 1.29 is 14.3 Å². The monoisotopic (exact) mass is 499 g/mol. The smallest absolute Gasteiger partial charge is 0.261 e. The van der Waals surface area contributed by atoms with Crippen molar-refractivity contribution in [2.75, 3.05) is 6.61 Å². The summed E-state index contributed by atoms with van der Waals surface area (Å²) in [5.74, 6) is -0.0577. The Balaban J connectivity index is 1.62. The van der Waals surface area contributed by atoms with Crippen LogP contribution in [-0.4, -0.2) is 28.3 Å². The molecular formula is C29H26ClN3O3. The van der Waals surface area contributed by atoms with Gasteiger partial charge in [-0.15, -0.1) is 0 Å². The molecule has 0 spiro atoms. The van der Waals surface area contributed by atoms with E-state index in [1.807, 2.05) is 78.9 Å². The number of halogens is 1. The zero-order valence-corrected chi connectivity index (χ0v) is 20.3. The molecule has 0 aliphatic rings. The summed E-state index contributed by atoms with van der Waals surface area (Å²) in [7, 11) is 0. The molecule has 36 heavy (non-hydrogen) atoms. The first kappa shape index (κ1) is 24.9.